The average Bonchev–Trinajstić information content (AvgIpc) is 2.69. The van der Waals surface area contributed by atoms with Crippen molar-refractivity contribution >= 4 is 11.8 Å². The normalized spacial score (nSPS) is 12.8. The lowest BCUT2D eigenvalue weighted by atomic mass is 10.1. The molecule has 26 heavy (non-hydrogen) atoms. The van der Waals surface area contributed by atoms with E-state index in [9.17, 15) is 14.0 Å². The number of hydrogen-bond donors (Lipinski definition) is 3. The van der Waals surface area contributed by atoms with Crippen LogP contribution in [0.5, 0.6) is 0 Å². The second-order valence-electron chi connectivity index (χ2n) is 5.97. The highest BCUT2D eigenvalue weighted by atomic mass is 19.1. The summed E-state index contributed by atoms with van der Waals surface area (Å²) in [6, 6.07) is 17.5. The number of alkyl halides is 1. The Bertz CT molecular complexity index is 695. The Balaban J connectivity index is 1.79. The van der Waals surface area contributed by atoms with Crippen LogP contribution in [0.4, 0.5) is 4.39 Å². The summed E-state index contributed by atoms with van der Waals surface area (Å²) < 4.78 is 13.2. The van der Waals surface area contributed by atoms with Gasteiger partial charge in [0.05, 0.1) is 6.04 Å². The van der Waals surface area contributed by atoms with Gasteiger partial charge in [0.15, 0.2) is 0 Å². The van der Waals surface area contributed by atoms with Crippen molar-refractivity contribution < 1.29 is 14.0 Å². The Hall–Kier alpha value is -2.73. The molecule has 0 aliphatic carbocycles. The lowest BCUT2D eigenvalue weighted by Crippen LogP contribution is -2.52. The molecule has 2 aromatic carbocycles. The average molecular weight is 356 g/mol. The molecule has 0 aliphatic rings. The summed E-state index contributed by atoms with van der Waals surface area (Å²) in [6.07, 6.45) is 1.05. The lowest BCUT2D eigenvalue weighted by molar-refractivity contribution is -0.130. The molecule has 2 rings (SSSR count). The van der Waals surface area contributed by atoms with Crippen molar-refractivity contribution in [1.82, 2.24) is 10.6 Å². The molecule has 5 nitrogen and oxygen atoms in total. The standard InChI is InChI=1S/C20H23FN3O2/c21-13-18(20(26)23-14-16-9-5-2-6-10-16)24-19(25)17(22)12-11-15-7-3-1-4-8-15/h1,3-10,17-18H,11-14,22H2,(H,23,26)(H,24,25)/t17-,18?/m1/s1. The van der Waals surface area contributed by atoms with Gasteiger partial charge in [0.2, 0.25) is 11.8 Å². The van der Waals surface area contributed by atoms with Crippen molar-refractivity contribution in [3.05, 3.63) is 71.8 Å². The maximum atomic E-state index is 13.2. The number of carbonyl (C=O) groups is 2. The van der Waals surface area contributed by atoms with Crippen LogP contribution in [0.1, 0.15) is 17.5 Å². The van der Waals surface area contributed by atoms with Gasteiger partial charge in [0, 0.05) is 6.54 Å². The molecule has 1 radical (unpaired) electrons. The Morgan fingerprint density at radius 3 is 2.38 bits per heavy atom. The number of rotatable bonds is 9. The van der Waals surface area contributed by atoms with Crippen molar-refractivity contribution in [2.24, 2.45) is 5.73 Å². The summed E-state index contributed by atoms with van der Waals surface area (Å²) in [5.41, 5.74) is 7.79. The Kier molecular flexibility index (Phi) is 7.76. The van der Waals surface area contributed by atoms with Crippen LogP contribution in [-0.4, -0.2) is 30.6 Å². The van der Waals surface area contributed by atoms with Crippen molar-refractivity contribution in [2.75, 3.05) is 6.67 Å². The van der Waals surface area contributed by atoms with E-state index in [0.29, 0.717) is 12.8 Å². The largest absolute Gasteiger partial charge is 0.350 e. The zero-order chi connectivity index (χ0) is 18.8. The van der Waals surface area contributed by atoms with E-state index in [1.165, 1.54) is 0 Å². The minimum atomic E-state index is -1.25. The van der Waals surface area contributed by atoms with E-state index in [-0.39, 0.29) is 6.54 Å². The molecule has 0 saturated heterocycles. The molecule has 0 aromatic heterocycles. The topological polar surface area (TPSA) is 84.2 Å². The maximum absolute atomic E-state index is 13.2. The SMILES string of the molecule is N[C@H](CCc1ccccc1)C(=O)NC(CF)C(=O)NCc1cc[c]cc1. The second-order valence-corrected chi connectivity index (χ2v) is 5.97. The smallest absolute Gasteiger partial charge is 0.245 e. The van der Waals surface area contributed by atoms with Gasteiger partial charge < -0.3 is 16.4 Å². The monoisotopic (exact) mass is 356 g/mol. The van der Waals surface area contributed by atoms with Gasteiger partial charge in [0.25, 0.3) is 0 Å². The van der Waals surface area contributed by atoms with Gasteiger partial charge >= 0.3 is 0 Å². The number of nitrogens with one attached hydrogen (secondary N) is 2. The molecule has 2 amide bonds. The first-order valence-electron chi connectivity index (χ1n) is 8.48. The second kappa shape index (κ2) is 10.3. The number of aryl methyl sites for hydroxylation is 1. The number of benzene rings is 2. The molecule has 6 heteroatoms. The van der Waals surface area contributed by atoms with Crippen molar-refractivity contribution in [3.8, 4) is 0 Å². The number of halogens is 1. The van der Waals surface area contributed by atoms with Gasteiger partial charge in [-0.1, -0.05) is 54.6 Å². The first-order valence-corrected chi connectivity index (χ1v) is 8.48. The molecule has 0 fully saturated rings. The number of nitrogens with two attached hydrogens (primary N) is 1. The van der Waals surface area contributed by atoms with Crippen LogP contribution in [0, 0.1) is 6.07 Å². The van der Waals surface area contributed by atoms with Crippen LogP contribution in [0.15, 0.2) is 54.6 Å². The summed E-state index contributed by atoms with van der Waals surface area (Å²) in [5, 5.41) is 4.99. The van der Waals surface area contributed by atoms with E-state index in [2.05, 4.69) is 16.7 Å². The van der Waals surface area contributed by atoms with E-state index in [1.807, 2.05) is 30.3 Å². The fraction of sp³-hybridized carbons (Fsp3) is 0.300. The molecule has 0 heterocycles. The summed E-state index contributed by atoms with van der Waals surface area (Å²) in [6.45, 7) is -0.745. The molecule has 0 bridgehead atoms. The molecule has 0 saturated carbocycles. The fourth-order valence-corrected chi connectivity index (χ4v) is 2.40. The third kappa shape index (κ3) is 6.29. The highest BCUT2D eigenvalue weighted by Gasteiger charge is 2.23. The predicted octanol–water partition coefficient (Wildman–Crippen LogP) is 1.52. The summed E-state index contributed by atoms with van der Waals surface area (Å²) in [5.74, 6) is -1.11. The number of hydrogen-bond acceptors (Lipinski definition) is 3. The molecular weight excluding hydrogens is 333 g/mol. The quantitative estimate of drug-likeness (QED) is 0.637. The zero-order valence-corrected chi connectivity index (χ0v) is 14.5. The molecule has 0 spiro atoms. The van der Waals surface area contributed by atoms with Gasteiger partial charge in [-0.25, -0.2) is 4.39 Å². The number of carbonyl (C=O) groups excluding carboxylic acids is 2. The fourth-order valence-electron chi connectivity index (χ4n) is 2.40. The Morgan fingerprint density at radius 2 is 1.73 bits per heavy atom. The van der Waals surface area contributed by atoms with Crippen molar-refractivity contribution in [3.63, 3.8) is 0 Å². The van der Waals surface area contributed by atoms with Crippen molar-refractivity contribution in [1.29, 1.82) is 0 Å². The highest BCUT2D eigenvalue weighted by Crippen LogP contribution is 2.04. The third-order valence-corrected chi connectivity index (χ3v) is 3.96. The first kappa shape index (κ1) is 19.6. The van der Waals surface area contributed by atoms with Crippen molar-refractivity contribution in [2.45, 2.75) is 31.5 Å². The van der Waals surface area contributed by atoms with Crippen LogP contribution in [0.25, 0.3) is 0 Å². The van der Waals surface area contributed by atoms with Gasteiger partial charge in [-0.05, 0) is 30.0 Å². The summed E-state index contributed by atoms with van der Waals surface area (Å²) >= 11 is 0. The minimum Gasteiger partial charge on any atom is -0.350 e. The Morgan fingerprint density at radius 1 is 1.04 bits per heavy atom. The molecule has 2 aromatic rings. The van der Waals surface area contributed by atoms with Crippen LogP contribution in [0.2, 0.25) is 0 Å². The molecule has 4 N–H and O–H groups in total. The lowest BCUT2D eigenvalue weighted by Gasteiger charge is -2.18. The summed E-state index contributed by atoms with van der Waals surface area (Å²) in [7, 11) is 0. The van der Waals surface area contributed by atoms with Gasteiger partial charge in [-0.15, -0.1) is 0 Å². The molecule has 137 valence electrons. The molecular formula is C20H23FN3O2. The maximum Gasteiger partial charge on any atom is 0.245 e. The molecule has 0 aliphatic heterocycles. The molecule has 1 unspecified atom stereocenters. The zero-order valence-electron chi connectivity index (χ0n) is 14.5. The molecule has 2 atom stereocenters. The van der Waals surface area contributed by atoms with E-state index in [0.717, 1.165) is 11.1 Å². The minimum absolute atomic E-state index is 0.250. The van der Waals surface area contributed by atoms with Crippen LogP contribution < -0.4 is 16.4 Å². The van der Waals surface area contributed by atoms with Crippen LogP contribution in [-0.2, 0) is 22.6 Å². The van der Waals surface area contributed by atoms with Gasteiger partial charge in [0.1, 0.15) is 12.7 Å². The van der Waals surface area contributed by atoms with E-state index in [4.69, 9.17) is 5.73 Å². The summed E-state index contributed by atoms with van der Waals surface area (Å²) in [4.78, 5) is 24.2. The van der Waals surface area contributed by atoms with E-state index >= 15 is 0 Å². The highest BCUT2D eigenvalue weighted by molar-refractivity contribution is 5.89. The first-order chi connectivity index (χ1) is 12.6. The Labute approximate surface area is 152 Å². The van der Waals surface area contributed by atoms with Gasteiger partial charge in [-0.3, -0.25) is 9.59 Å². The number of amides is 2. The third-order valence-electron chi connectivity index (χ3n) is 3.96. The van der Waals surface area contributed by atoms with E-state index in [1.54, 1.807) is 24.3 Å². The van der Waals surface area contributed by atoms with E-state index < -0.39 is 30.6 Å². The van der Waals surface area contributed by atoms with Crippen LogP contribution >= 0.6 is 0 Å². The predicted molar refractivity (Wildman–Crippen MR) is 97.8 cm³/mol. The van der Waals surface area contributed by atoms with Crippen LogP contribution in [0.3, 0.4) is 0 Å². The van der Waals surface area contributed by atoms with Gasteiger partial charge in [-0.2, -0.15) is 0 Å².